The fraction of sp³-hybridized carbons (Fsp3) is 0.480. The molecular weight excluding hydrogens is 395 g/mol. The highest BCUT2D eigenvalue weighted by Crippen LogP contribution is 2.42. The Morgan fingerprint density at radius 1 is 1.16 bits per heavy atom. The minimum absolute atomic E-state index is 0.0458. The summed E-state index contributed by atoms with van der Waals surface area (Å²) in [5, 5.41) is 12.7. The fourth-order valence-electron chi connectivity index (χ4n) is 4.51. The van der Waals surface area contributed by atoms with Crippen LogP contribution in [0.3, 0.4) is 0 Å². The van der Waals surface area contributed by atoms with E-state index in [1.807, 2.05) is 6.07 Å². The number of benzene rings is 2. The number of hydrogen-bond acceptors (Lipinski definition) is 4. The highest BCUT2D eigenvalue weighted by Gasteiger charge is 2.41. The highest BCUT2D eigenvalue weighted by atomic mass is 19.1. The summed E-state index contributed by atoms with van der Waals surface area (Å²) in [5.41, 5.74) is 1.34. The fourth-order valence-corrected chi connectivity index (χ4v) is 4.51. The Morgan fingerprint density at radius 3 is 2.65 bits per heavy atom. The molecule has 2 aromatic carbocycles. The summed E-state index contributed by atoms with van der Waals surface area (Å²) in [6, 6.07) is 17.4. The van der Waals surface area contributed by atoms with Crippen molar-refractivity contribution < 1.29 is 19.0 Å². The molecule has 31 heavy (non-hydrogen) atoms. The molecule has 5 nitrogen and oxygen atoms in total. The number of rotatable bonds is 10. The summed E-state index contributed by atoms with van der Waals surface area (Å²) in [7, 11) is 0. The predicted molar refractivity (Wildman–Crippen MR) is 118 cm³/mol. The third-order valence-electron chi connectivity index (χ3n) is 6.66. The maximum atomic E-state index is 13.5. The van der Waals surface area contributed by atoms with Gasteiger partial charge < -0.3 is 20.1 Å². The van der Waals surface area contributed by atoms with E-state index < -0.39 is 5.97 Å². The molecule has 0 spiro atoms. The van der Waals surface area contributed by atoms with Gasteiger partial charge in [0.1, 0.15) is 11.6 Å². The minimum atomic E-state index is -0.756. The zero-order chi connectivity index (χ0) is 21.7. The van der Waals surface area contributed by atoms with Crippen LogP contribution in [0.2, 0.25) is 0 Å². The molecule has 1 heterocycles. The average Bonchev–Trinajstić information content (AvgIpc) is 3.57. The number of nitrogens with one attached hydrogen (secondary N) is 1. The molecule has 2 aromatic rings. The molecule has 1 saturated heterocycles. The monoisotopic (exact) mass is 426 g/mol. The van der Waals surface area contributed by atoms with Crippen molar-refractivity contribution in [3.8, 4) is 5.75 Å². The van der Waals surface area contributed by atoms with Gasteiger partial charge in [-0.25, -0.2) is 4.39 Å². The Bertz CT molecular complexity index is 868. The van der Waals surface area contributed by atoms with Crippen LogP contribution in [0, 0.1) is 11.2 Å². The minimum Gasteiger partial charge on any atom is -0.493 e. The van der Waals surface area contributed by atoms with E-state index in [0.717, 1.165) is 38.9 Å². The van der Waals surface area contributed by atoms with E-state index in [4.69, 9.17) is 9.84 Å². The topological polar surface area (TPSA) is 61.8 Å². The molecule has 2 aliphatic rings. The second kappa shape index (κ2) is 9.79. The maximum absolute atomic E-state index is 13.5. The van der Waals surface area contributed by atoms with Crippen LogP contribution >= 0.6 is 0 Å². The van der Waals surface area contributed by atoms with Crippen LogP contribution in [0.15, 0.2) is 54.6 Å². The number of likely N-dealkylation sites (tertiary alicyclic amines) is 1. The molecule has 166 valence electrons. The van der Waals surface area contributed by atoms with Gasteiger partial charge in [0.05, 0.1) is 13.0 Å². The summed E-state index contributed by atoms with van der Waals surface area (Å²) in [4.78, 5) is 13.1. The van der Waals surface area contributed by atoms with Crippen molar-refractivity contribution in [2.24, 2.45) is 5.41 Å². The van der Waals surface area contributed by atoms with Gasteiger partial charge in [-0.15, -0.1) is 0 Å². The van der Waals surface area contributed by atoms with E-state index >= 15 is 0 Å². The Labute approximate surface area is 183 Å². The number of carboxylic acids is 1. The van der Waals surface area contributed by atoms with Crippen LogP contribution in [-0.4, -0.2) is 54.8 Å². The van der Waals surface area contributed by atoms with Crippen molar-refractivity contribution in [3.63, 3.8) is 0 Å². The van der Waals surface area contributed by atoms with E-state index in [9.17, 15) is 9.18 Å². The molecule has 0 amide bonds. The van der Waals surface area contributed by atoms with Crippen LogP contribution in [0.25, 0.3) is 0 Å². The van der Waals surface area contributed by atoms with Crippen LogP contribution in [0.5, 0.6) is 5.75 Å². The third-order valence-corrected chi connectivity index (χ3v) is 6.66. The Hall–Kier alpha value is -2.44. The van der Waals surface area contributed by atoms with Gasteiger partial charge in [-0.3, -0.25) is 4.79 Å². The lowest BCUT2D eigenvalue weighted by atomic mass is 9.78. The molecule has 1 aliphatic carbocycles. The normalized spacial score (nSPS) is 22.7. The molecule has 4 rings (SSSR count). The van der Waals surface area contributed by atoms with Crippen LogP contribution in [-0.2, 0) is 4.79 Å². The second-order valence-corrected chi connectivity index (χ2v) is 8.97. The molecule has 0 aromatic heterocycles. The second-order valence-electron chi connectivity index (χ2n) is 8.97. The first-order valence-electron chi connectivity index (χ1n) is 11.1. The van der Waals surface area contributed by atoms with Crippen LogP contribution < -0.4 is 10.1 Å². The van der Waals surface area contributed by atoms with Crippen molar-refractivity contribution in [1.29, 1.82) is 0 Å². The number of ether oxygens (including phenoxy) is 1. The van der Waals surface area contributed by atoms with Crippen molar-refractivity contribution in [1.82, 2.24) is 10.2 Å². The first-order chi connectivity index (χ1) is 15.0. The summed E-state index contributed by atoms with van der Waals surface area (Å²) >= 11 is 0. The molecule has 6 heteroatoms. The van der Waals surface area contributed by atoms with E-state index in [0.29, 0.717) is 30.9 Å². The first kappa shape index (κ1) is 21.8. The SMILES string of the molecule is O=C(O)CCN1CCC(CN[C@@H]2CC2c2ccccc2)(COc2cccc(F)c2)CC1. The molecule has 2 fully saturated rings. The zero-order valence-electron chi connectivity index (χ0n) is 17.8. The van der Waals surface area contributed by atoms with Crippen molar-refractivity contribution in [2.75, 3.05) is 32.8 Å². The molecule has 1 saturated carbocycles. The zero-order valence-corrected chi connectivity index (χ0v) is 17.8. The van der Waals surface area contributed by atoms with Gasteiger partial charge in [0.15, 0.2) is 0 Å². The molecule has 1 aliphatic heterocycles. The van der Waals surface area contributed by atoms with Crippen molar-refractivity contribution in [3.05, 3.63) is 66.0 Å². The van der Waals surface area contributed by atoms with Crippen LogP contribution in [0.4, 0.5) is 4.39 Å². The number of halogens is 1. The lowest BCUT2D eigenvalue weighted by molar-refractivity contribution is -0.137. The molecule has 2 N–H and O–H groups in total. The van der Waals surface area contributed by atoms with Gasteiger partial charge >= 0.3 is 5.97 Å². The number of aliphatic carboxylic acids is 1. The first-order valence-corrected chi connectivity index (χ1v) is 11.1. The standard InChI is InChI=1S/C25H31FN2O3/c26-20-7-4-8-21(15-20)31-18-25(10-13-28(14-11-25)12-9-24(29)30)17-27-23-16-22(23)19-5-2-1-3-6-19/h1-8,15,22-23,27H,9-14,16-18H2,(H,29,30)/t22?,23-/m1/s1. The Kier molecular flexibility index (Phi) is 6.88. The molecular formula is C25H31FN2O3. The van der Waals surface area contributed by atoms with Gasteiger partial charge in [0.2, 0.25) is 0 Å². The highest BCUT2D eigenvalue weighted by molar-refractivity contribution is 5.66. The van der Waals surface area contributed by atoms with Crippen molar-refractivity contribution >= 4 is 5.97 Å². The van der Waals surface area contributed by atoms with Gasteiger partial charge in [0.25, 0.3) is 0 Å². The number of carbonyl (C=O) groups is 1. The number of hydrogen-bond donors (Lipinski definition) is 2. The molecule has 0 radical (unpaired) electrons. The number of piperidine rings is 1. The van der Waals surface area contributed by atoms with E-state index in [2.05, 4.69) is 34.5 Å². The lowest BCUT2D eigenvalue weighted by Gasteiger charge is -2.41. The smallest absolute Gasteiger partial charge is 0.304 e. The number of carboxylic acid groups (broad SMARTS) is 1. The quantitative estimate of drug-likeness (QED) is 0.603. The third kappa shape index (κ3) is 6.05. The summed E-state index contributed by atoms with van der Waals surface area (Å²) in [6.45, 7) is 3.67. The summed E-state index contributed by atoms with van der Waals surface area (Å²) in [6.07, 6.45) is 3.18. The maximum Gasteiger partial charge on any atom is 0.304 e. The van der Waals surface area contributed by atoms with E-state index in [-0.39, 0.29) is 17.7 Å². The van der Waals surface area contributed by atoms with E-state index in [1.165, 1.54) is 17.7 Å². The van der Waals surface area contributed by atoms with Crippen molar-refractivity contribution in [2.45, 2.75) is 37.6 Å². The van der Waals surface area contributed by atoms with Gasteiger partial charge in [-0.1, -0.05) is 36.4 Å². The van der Waals surface area contributed by atoms with Crippen LogP contribution in [0.1, 0.15) is 37.2 Å². The molecule has 1 unspecified atom stereocenters. The Morgan fingerprint density at radius 2 is 1.94 bits per heavy atom. The van der Waals surface area contributed by atoms with Gasteiger partial charge in [0, 0.05) is 36.5 Å². The Balaban J connectivity index is 1.35. The largest absolute Gasteiger partial charge is 0.493 e. The van der Waals surface area contributed by atoms with Gasteiger partial charge in [-0.05, 0) is 50.0 Å². The predicted octanol–water partition coefficient (Wildman–Crippen LogP) is 3.91. The lowest BCUT2D eigenvalue weighted by Crippen LogP contribution is -2.49. The van der Waals surface area contributed by atoms with Gasteiger partial charge in [-0.2, -0.15) is 0 Å². The molecule has 2 atom stereocenters. The number of nitrogens with zero attached hydrogens (tertiary/aromatic N) is 1. The summed E-state index contributed by atoms with van der Waals surface area (Å²) in [5.74, 6) is 0.0739. The summed E-state index contributed by atoms with van der Waals surface area (Å²) < 4.78 is 19.6. The average molecular weight is 427 g/mol. The molecule has 0 bridgehead atoms. The van der Waals surface area contributed by atoms with E-state index in [1.54, 1.807) is 12.1 Å².